The molecule has 4 aromatic carbocycles. The third kappa shape index (κ3) is 6.42. The molecular weight excluding hydrogens is 486 g/mol. The second kappa shape index (κ2) is 11.5. The molecule has 8 heteroatoms. The van der Waals surface area contributed by atoms with E-state index in [2.05, 4.69) is 10.6 Å². The number of benzene rings is 4. The van der Waals surface area contributed by atoms with E-state index in [4.69, 9.17) is 0 Å². The highest BCUT2D eigenvalue weighted by molar-refractivity contribution is 8.00. The van der Waals surface area contributed by atoms with Gasteiger partial charge in [-0.15, -0.1) is 11.8 Å². The molecule has 0 aliphatic carbocycles. The number of rotatable bonds is 8. The summed E-state index contributed by atoms with van der Waals surface area (Å²) in [5.41, 5.74) is 4.61. The van der Waals surface area contributed by atoms with E-state index in [1.165, 1.54) is 36.0 Å². The molecule has 1 unspecified atom stereocenters. The molecule has 0 spiro atoms. The fourth-order valence-electron chi connectivity index (χ4n) is 3.68. The quantitative estimate of drug-likeness (QED) is 0.152. The number of nitrogens with zero attached hydrogens (tertiary/aromatic N) is 1. The van der Waals surface area contributed by atoms with Gasteiger partial charge in [0.25, 0.3) is 11.6 Å². The predicted molar refractivity (Wildman–Crippen MR) is 147 cm³/mol. The number of thioether (sulfide) groups is 1. The van der Waals surface area contributed by atoms with Crippen molar-refractivity contribution in [3.63, 3.8) is 0 Å². The number of carbonyl (C=O) groups excluding carboxylic acids is 2. The van der Waals surface area contributed by atoms with Gasteiger partial charge in [-0.3, -0.25) is 19.7 Å². The molecule has 37 heavy (non-hydrogen) atoms. The lowest BCUT2D eigenvalue weighted by molar-refractivity contribution is -0.384. The Labute approximate surface area is 219 Å². The molecular formula is C29H25N3O4S. The van der Waals surface area contributed by atoms with Gasteiger partial charge in [-0.1, -0.05) is 42.5 Å². The third-order valence-electron chi connectivity index (χ3n) is 5.91. The fraction of sp³-hybridized carbons (Fsp3) is 0.103. The van der Waals surface area contributed by atoms with Gasteiger partial charge < -0.3 is 10.6 Å². The summed E-state index contributed by atoms with van der Waals surface area (Å²) in [5.74, 6) is -0.495. The Bertz CT molecular complexity index is 1420. The number of hydrogen-bond acceptors (Lipinski definition) is 5. The Kier molecular flexibility index (Phi) is 8.00. The molecule has 0 fully saturated rings. The smallest absolute Gasteiger partial charge is 0.269 e. The van der Waals surface area contributed by atoms with Gasteiger partial charge in [0, 0.05) is 34.0 Å². The lowest BCUT2D eigenvalue weighted by Gasteiger charge is -2.19. The number of hydrogen-bond donors (Lipinski definition) is 2. The molecule has 0 saturated heterocycles. The lowest BCUT2D eigenvalue weighted by atomic mass is 10.1. The van der Waals surface area contributed by atoms with Crippen LogP contribution in [-0.4, -0.2) is 16.7 Å². The maximum atomic E-state index is 13.4. The van der Waals surface area contributed by atoms with E-state index in [0.717, 1.165) is 27.3 Å². The second-order valence-electron chi connectivity index (χ2n) is 8.43. The van der Waals surface area contributed by atoms with E-state index >= 15 is 0 Å². The summed E-state index contributed by atoms with van der Waals surface area (Å²) in [7, 11) is 0. The van der Waals surface area contributed by atoms with Crippen LogP contribution in [0.1, 0.15) is 32.3 Å². The number of anilines is 2. The van der Waals surface area contributed by atoms with Crippen molar-refractivity contribution in [2.45, 2.75) is 24.0 Å². The minimum Gasteiger partial charge on any atom is -0.325 e. The van der Waals surface area contributed by atoms with Gasteiger partial charge in [0.1, 0.15) is 5.25 Å². The highest BCUT2D eigenvalue weighted by Gasteiger charge is 2.23. The van der Waals surface area contributed by atoms with Crippen molar-refractivity contribution in [1.29, 1.82) is 0 Å². The van der Waals surface area contributed by atoms with Crippen molar-refractivity contribution in [2.24, 2.45) is 0 Å². The number of nitro benzene ring substituents is 1. The van der Waals surface area contributed by atoms with E-state index in [-0.39, 0.29) is 17.5 Å². The molecule has 0 bridgehead atoms. The zero-order valence-corrected chi connectivity index (χ0v) is 21.1. The van der Waals surface area contributed by atoms with Gasteiger partial charge in [-0.05, 0) is 73.0 Å². The highest BCUT2D eigenvalue weighted by atomic mass is 32.2. The average Bonchev–Trinajstić information content (AvgIpc) is 2.91. The highest BCUT2D eigenvalue weighted by Crippen LogP contribution is 2.37. The van der Waals surface area contributed by atoms with Crippen molar-refractivity contribution in [1.82, 2.24) is 0 Å². The van der Waals surface area contributed by atoms with E-state index in [1.54, 1.807) is 12.1 Å². The molecule has 0 heterocycles. The molecule has 186 valence electrons. The summed E-state index contributed by atoms with van der Waals surface area (Å²) in [5, 5.41) is 16.2. The number of aryl methyl sites for hydroxylation is 1. The molecule has 0 aromatic heterocycles. The summed E-state index contributed by atoms with van der Waals surface area (Å²) in [4.78, 5) is 37.1. The Hall–Kier alpha value is -4.43. The number of carbonyl (C=O) groups is 2. The Balaban J connectivity index is 1.48. The molecule has 4 rings (SSSR count). The number of non-ortho nitro benzene ring substituents is 1. The van der Waals surface area contributed by atoms with Crippen LogP contribution in [0.2, 0.25) is 0 Å². The maximum Gasteiger partial charge on any atom is 0.269 e. The largest absolute Gasteiger partial charge is 0.325 e. The normalized spacial score (nSPS) is 11.4. The zero-order chi connectivity index (χ0) is 26.4. The summed E-state index contributed by atoms with van der Waals surface area (Å²) in [6.45, 7) is 4.00. The number of nitrogens with one attached hydrogen (secondary N) is 2. The Morgan fingerprint density at radius 1 is 0.811 bits per heavy atom. The molecule has 0 radical (unpaired) electrons. The maximum absolute atomic E-state index is 13.4. The van der Waals surface area contributed by atoms with Crippen LogP contribution >= 0.6 is 11.8 Å². The minimum absolute atomic E-state index is 0.0764. The van der Waals surface area contributed by atoms with Gasteiger partial charge >= 0.3 is 0 Å². The van der Waals surface area contributed by atoms with Crippen molar-refractivity contribution in [3.8, 4) is 0 Å². The van der Waals surface area contributed by atoms with Gasteiger partial charge in [0.15, 0.2) is 0 Å². The Morgan fingerprint density at radius 2 is 1.49 bits per heavy atom. The monoisotopic (exact) mass is 511 g/mol. The van der Waals surface area contributed by atoms with E-state index < -0.39 is 10.2 Å². The summed E-state index contributed by atoms with van der Waals surface area (Å²) in [6.07, 6.45) is 0. The minimum atomic E-state index is -0.511. The first-order valence-corrected chi connectivity index (χ1v) is 12.4. The van der Waals surface area contributed by atoms with Crippen LogP contribution in [0, 0.1) is 24.0 Å². The van der Waals surface area contributed by atoms with E-state index in [9.17, 15) is 19.7 Å². The van der Waals surface area contributed by atoms with Crippen molar-refractivity contribution in [2.75, 3.05) is 10.6 Å². The second-order valence-corrected chi connectivity index (χ2v) is 9.61. The van der Waals surface area contributed by atoms with E-state index in [1.807, 2.05) is 74.5 Å². The molecule has 0 aliphatic rings. The molecule has 0 aliphatic heterocycles. The summed E-state index contributed by atoms with van der Waals surface area (Å²) < 4.78 is 0. The van der Waals surface area contributed by atoms with Crippen LogP contribution in [0.4, 0.5) is 17.1 Å². The SMILES string of the molecule is Cc1cccc(NC(=O)C(Sc2ccc(NC(=O)c3ccc([N+](=O)[O-])cc3)cc2)c2ccccc2)c1C. The molecule has 1 atom stereocenters. The summed E-state index contributed by atoms with van der Waals surface area (Å²) in [6, 6.07) is 28.0. The standard InChI is InChI=1S/C29H25N3O4S/c1-19-7-6-10-26(20(19)2)31-29(34)27(21-8-4-3-5-9-21)37-25-17-13-23(14-18-25)30-28(33)22-11-15-24(16-12-22)32(35)36/h3-18,27H,1-2H3,(H,30,33)(H,31,34). The van der Waals surface area contributed by atoms with Gasteiger partial charge in [-0.25, -0.2) is 0 Å². The van der Waals surface area contributed by atoms with Crippen molar-refractivity contribution >= 4 is 40.6 Å². The first-order valence-electron chi connectivity index (χ1n) is 11.6. The average molecular weight is 512 g/mol. The van der Waals surface area contributed by atoms with E-state index in [0.29, 0.717) is 11.3 Å². The molecule has 7 nitrogen and oxygen atoms in total. The van der Waals surface area contributed by atoms with Gasteiger partial charge in [0.05, 0.1) is 4.92 Å². The molecule has 2 N–H and O–H groups in total. The van der Waals surface area contributed by atoms with Gasteiger partial charge in [0.2, 0.25) is 5.91 Å². The lowest BCUT2D eigenvalue weighted by Crippen LogP contribution is -2.19. The molecule has 0 saturated carbocycles. The third-order valence-corrected chi connectivity index (χ3v) is 7.18. The topological polar surface area (TPSA) is 101 Å². The van der Waals surface area contributed by atoms with Crippen LogP contribution < -0.4 is 10.6 Å². The van der Waals surface area contributed by atoms with Crippen LogP contribution in [0.15, 0.2) is 102 Å². The molecule has 2 amide bonds. The predicted octanol–water partition coefficient (Wildman–Crippen LogP) is 6.94. The Morgan fingerprint density at radius 3 is 2.14 bits per heavy atom. The first kappa shape index (κ1) is 25.7. The van der Waals surface area contributed by atoms with Crippen LogP contribution in [0.3, 0.4) is 0 Å². The zero-order valence-electron chi connectivity index (χ0n) is 20.3. The van der Waals surface area contributed by atoms with Crippen LogP contribution in [0.5, 0.6) is 0 Å². The number of amides is 2. The van der Waals surface area contributed by atoms with Crippen molar-refractivity contribution < 1.29 is 14.5 Å². The first-order chi connectivity index (χ1) is 17.8. The summed E-state index contributed by atoms with van der Waals surface area (Å²) >= 11 is 1.42. The fourth-order valence-corrected chi connectivity index (χ4v) is 4.70. The number of nitro groups is 1. The van der Waals surface area contributed by atoms with Gasteiger partial charge in [-0.2, -0.15) is 0 Å². The van der Waals surface area contributed by atoms with Crippen LogP contribution in [-0.2, 0) is 4.79 Å². The van der Waals surface area contributed by atoms with Crippen LogP contribution in [0.25, 0.3) is 0 Å². The van der Waals surface area contributed by atoms with Crippen molar-refractivity contribution in [3.05, 3.63) is 129 Å². The molecule has 4 aromatic rings.